The smallest absolute Gasteiger partial charge is 0.333 e. The summed E-state index contributed by atoms with van der Waals surface area (Å²) in [5.41, 5.74) is 0.697. The molecule has 1 N–H and O–H groups in total. The third kappa shape index (κ3) is 3.39. The molecule has 1 heterocycles. The van der Waals surface area contributed by atoms with Crippen LogP contribution >= 0.6 is 11.8 Å². The lowest BCUT2D eigenvalue weighted by Crippen LogP contribution is -2.39. The van der Waals surface area contributed by atoms with Crippen LogP contribution in [0.15, 0.2) is 38.8 Å². The van der Waals surface area contributed by atoms with Crippen molar-refractivity contribution in [3.8, 4) is 5.88 Å². The van der Waals surface area contributed by atoms with Gasteiger partial charge in [0.25, 0.3) is 5.56 Å². The quantitative estimate of drug-likeness (QED) is 0.688. The number of aromatic hydroxyl groups is 1. The van der Waals surface area contributed by atoms with Crippen molar-refractivity contribution in [3.05, 3.63) is 56.2 Å². The van der Waals surface area contributed by atoms with Crippen LogP contribution in [0, 0.1) is 6.92 Å². The summed E-state index contributed by atoms with van der Waals surface area (Å²) >= 11 is 1.34. The van der Waals surface area contributed by atoms with Crippen molar-refractivity contribution in [1.29, 1.82) is 0 Å². The predicted octanol–water partition coefficient (Wildman–Crippen LogP) is 1.93. The van der Waals surface area contributed by atoms with Gasteiger partial charge in [0.1, 0.15) is 10.6 Å². The summed E-state index contributed by atoms with van der Waals surface area (Å²) < 4.78 is 2.01. The Morgan fingerprint density at radius 2 is 1.78 bits per heavy atom. The molecule has 2 aromatic rings. The van der Waals surface area contributed by atoms with Crippen LogP contribution in [-0.4, -0.2) is 25.0 Å². The van der Waals surface area contributed by atoms with Gasteiger partial charge in [0, 0.05) is 14.1 Å². The van der Waals surface area contributed by atoms with Gasteiger partial charge < -0.3 is 5.11 Å². The molecule has 7 heteroatoms. The Balaban J connectivity index is 2.70. The molecular weight excluding hydrogens is 314 g/mol. The molecule has 0 unspecified atom stereocenters. The first-order valence-electron chi connectivity index (χ1n) is 7.14. The summed E-state index contributed by atoms with van der Waals surface area (Å²) in [6.07, 6.45) is 0. The van der Waals surface area contributed by atoms with Crippen LogP contribution in [0.2, 0.25) is 0 Å². The van der Waals surface area contributed by atoms with E-state index in [1.807, 2.05) is 38.1 Å². The summed E-state index contributed by atoms with van der Waals surface area (Å²) in [5.74, 6) is 0.306. The maximum absolute atomic E-state index is 12.4. The lowest BCUT2D eigenvalue weighted by Gasteiger charge is -2.11. The number of thioether (sulfide) groups is 1. The van der Waals surface area contributed by atoms with Crippen molar-refractivity contribution < 1.29 is 5.11 Å². The molecule has 6 nitrogen and oxygen atoms in total. The van der Waals surface area contributed by atoms with Gasteiger partial charge in [-0.25, -0.2) is 9.79 Å². The molecule has 0 aliphatic carbocycles. The Hall–Kier alpha value is -2.28. The Morgan fingerprint density at radius 1 is 1.17 bits per heavy atom. The summed E-state index contributed by atoms with van der Waals surface area (Å²) in [4.78, 5) is 28.8. The normalized spacial score (nSPS) is 11.7. The summed E-state index contributed by atoms with van der Waals surface area (Å²) in [5, 5.41) is 10.7. The van der Waals surface area contributed by atoms with Crippen molar-refractivity contribution in [2.75, 3.05) is 5.75 Å². The van der Waals surface area contributed by atoms with Crippen LogP contribution in [-0.2, 0) is 14.1 Å². The third-order valence-corrected chi connectivity index (χ3v) is 4.25. The first-order valence-corrected chi connectivity index (χ1v) is 8.12. The second kappa shape index (κ2) is 6.87. The minimum atomic E-state index is -0.576. The van der Waals surface area contributed by atoms with Crippen molar-refractivity contribution in [2.45, 2.75) is 13.8 Å². The van der Waals surface area contributed by atoms with E-state index in [0.29, 0.717) is 16.5 Å². The van der Waals surface area contributed by atoms with Gasteiger partial charge >= 0.3 is 5.69 Å². The van der Waals surface area contributed by atoms with E-state index >= 15 is 0 Å². The van der Waals surface area contributed by atoms with E-state index < -0.39 is 11.2 Å². The third-order valence-electron chi connectivity index (χ3n) is 3.39. The van der Waals surface area contributed by atoms with E-state index in [1.165, 1.54) is 25.9 Å². The molecule has 0 atom stereocenters. The molecule has 0 saturated carbocycles. The number of hydrogen-bond donors (Lipinski definition) is 1. The Kier molecular flexibility index (Phi) is 5.10. The van der Waals surface area contributed by atoms with Gasteiger partial charge in [-0.2, -0.15) is 0 Å². The molecular formula is C16H19N3O3S. The molecule has 0 spiro atoms. The molecule has 0 bridgehead atoms. The molecule has 2 rings (SSSR count). The largest absolute Gasteiger partial charge is 0.494 e. The van der Waals surface area contributed by atoms with Crippen molar-refractivity contribution in [1.82, 2.24) is 9.13 Å². The Bertz CT molecular complexity index is 864. The topological polar surface area (TPSA) is 76.6 Å². The molecule has 1 aromatic heterocycles. The van der Waals surface area contributed by atoms with E-state index in [1.54, 1.807) is 0 Å². The highest BCUT2D eigenvalue weighted by atomic mass is 32.2. The molecule has 23 heavy (non-hydrogen) atoms. The average molecular weight is 333 g/mol. The van der Waals surface area contributed by atoms with Gasteiger partial charge in [0.2, 0.25) is 5.88 Å². The second-order valence-electron chi connectivity index (χ2n) is 5.09. The molecule has 1 aromatic carbocycles. The fourth-order valence-corrected chi connectivity index (χ4v) is 2.82. The van der Waals surface area contributed by atoms with Gasteiger partial charge in [-0.3, -0.25) is 13.9 Å². The molecule has 122 valence electrons. The standard InChI is InChI=1S/C16H19N3O3S/c1-5-23-13(17-11-8-6-10(2)7-9-11)12-14(20)18(3)16(22)19(4)15(12)21/h6-9,20H,5H2,1-4H3. The zero-order valence-corrected chi connectivity index (χ0v) is 14.3. The number of hydrogen-bond acceptors (Lipinski definition) is 5. The number of benzene rings is 1. The van der Waals surface area contributed by atoms with Gasteiger partial charge in [-0.1, -0.05) is 24.6 Å². The predicted molar refractivity (Wildman–Crippen MR) is 94.1 cm³/mol. The fraction of sp³-hybridized carbons (Fsp3) is 0.312. The van der Waals surface area contributed by atoms with Crippen molar-refractivity contribution >= 4 is 22.5 Å². The molecule has 0 saturated heterocycles. The molecule has 0 radical (unpaired) electrons. The van der Waals surface area contributed by atoms with Gasteiger partial charge in [0.05, 0.1) is 5.69 Å². The van der Waals surface area contributed by atoms with E-state index in [9.17, 15) is 14.7 Å². The Morgan fingerprint density at radius 3 is 2.35 bits per heavy atom. The van der Waals surface area contributed by atoms with Crippen LogP contribution in [0.25, 0.3) is 0 Å². The summed E-state index contributed by atoms with van der Waals surface area (Å²) in [7, 11) is 2.80. The number of aryl methyl sites for hydroxylation is 1. The number of aliphatic imine (C=N–C) groups is 1. The molecule has 0 aliphatic rings. The van der Waals surface area contributed by atoms with E-state index in [0.717, 1.165) is 14.7 Å². The van der Waals surface area contributed by atoms with Gasteiger partial charge in [0.15, 0.2) is 0 Å². The van der Waals surface area contributed by atoms with Crippen molar-refractivity contribution in [3.63, 3.8) is 0 Å². The molecule has 0 fully saturated rings. The highest BCUT2D eigenvalue weighted by Crippen LogP contribution is 2.22. The van der Waals surface area contributed by atoms with Crippen LogP contribution in [0.1, 0.15) is 18.1 Å². The highest BCUT2D eigenvalue weighted by molar-refractivity contribution is 8.14. The zero-order valence-electron chi connectivity index (χ0n) is 13.5. The number of rotatable bonds is 3. The maximum Gasteiger partial charge on any atom is 0.333 e. The SMILES string of the molecule is CCSC(=Nc1ccc(C)cc1)c1c(O)n(C)c(=O)n(C)c1=O. The molecule has 0 amide bonds. The van der Waals surface area contributed by atoms with Crippen LogP contribution in [0.3, 0.4) is 0 Å². The Labute approximate surface area is 138 Å². The minimum Gasteiger partial charge on any atom is -0.494 e. The van der Waals surface area contributed by atoms with Crippen LogP contribution in [0.4, 0.5) is 5.69 Å². The summed E-state index contributed by atoms with van der Waals surface area (Å²) in [6, 6.07) is 7.53. The second-order valence-corrected chi connectivity index (χ2v) is 6.34. The first kappa shape index (κ1) is 17.1. The fourth-order valence-electron chi connectivity index (χ4n) is 2.05. The summed E-state index contributed by atoms with van der Waals surface area (Å²) in [6.45, 7) is 3.91. The lowest BCUT2D eigenvalue weighted by molar-refractivity contribution is 0.410. The van der Waals surface area contributed by atoms with E-state index in [2.05, 4.69) is 4.99 Å². The average Bonchev–Trinajstić information content (AvgIpc) is 2.53. The lowest BCUT2D eigenvalue weighted by atomic mass is 10.2. The van der Waals surface area contributed by atoms with Crippen molar-refractivity contribution in [2.24, 2.45) is 19.1 Å². The molecule has 0 aliphatic heterocycles. The monoisotopic (exact) mass is 333 g/mol. The van der Waals surface area contributed by atoms with Gasteiger partial charge in [-0.05, 0) is 24.8 Å². The van der Waals surface area contributed by atoms with Crippen LogP contribution in [0.5, 0.6) is 5.88 Å². The van der Waals surface area contributed by atoms with Crippen LogP contribution < -0.4 is 11.2 Å². The zero-order chi connectivity index (χ0) is 17.1. The van der Waals surface area contributed by atoms with E-state index in [-0.39, 0.29) is 11.4 Å². The highest BCUT2D eigenvalue weighted by Gasteiger charge is 2.20. The van der Waals surface area contributed by atoms with E-state index in [4.69, 9.17) is 0 Å². The van der Waals surface area contributed by atoms with Gasteiger partial charge in [-0.15, -0.1) is 11.8 Å². The number of aromatic nitrogens is 2. The first-order chi connectivity index (χ1) is 10.9. The minimum absolute atomic E-state index is 0.0435. The number of nitrogens with zero attached hydrogens (tertiary/aromatic N) is 3. The maximum atomic E-state index is 12.4.